The summed E-state index contributed by atoms with van der Waals surface area (Å²) < 4.78 is 0. The third kappa shape index (κ3) is 22.8. The zero-order chi connectivity index (χ0) is 15.3. The second kappa shape index (κ2) is 23.8. The average Bonchev–Trinajstić information content (AvgIpc) is 2.50. The summed E-state index contributed by atoms with van der Waals surface area (Å²) in [6, 6.07) is 0. The van der Waals surface area contributed by atoms with Crippen molar-refractivity contribution >= 4 is 0 Å². The maximum atomic E-state index is 8.65. The first-order chi connectivity index (χ1) is 9.91. The second-order valence-electron chi connectivity index (χ2n) is 5.31. The fourth-order valence-electron chi connectivity index (χ4n) is 2.18. The van der Waals surface area contributed by atoms with Gasteiger partial charge in [-0.3, -0.25) is 0 Å². The fourth-order valence-corrected chi connectivity index (χ4v) is 2.18. The van der Waals surface area contributed by atoms with E-state index < -0.39 is 0 Å². The molecule has 0 aliphatic heterocycles. The van der Waals surface area contributed by atoms with E-state index >= 15 is 0 Å². The van der Waals surface area contributed by atoms with Gasteiger partial charge < -0.3 is 5.11 Å². The average molecular weight is 285 g/mol. The summed E-state index contributed by atoms with van der Waals surface area (Å²) in [4.78, 5) is 0. The van der Waals surface area contributed by atoms with E-state index in [1.165, 1.54) is 77.0 Å². The van der Waals surface area contributed by atoms with Gasteiger partial charge in [0.05, 0.1) is 0 Å². The molecule has 0 aromatic carbocycles. The number of aliphatic hydroxyl groups is 1. The van der Waals surface area contributed by atoms with Crippen LogP contribution in [-0.2, 0) is 0 Å². The molecule has 0 saturated carbocycles. The van der Waals surface area contributed by atoms with Gasteiger partial charge in [-0.05, 0) is 32.1 Å². The minimum absolute atomic E-state index is 0.366. The lowest BCUT2D eigenvalue weighted by molar-refractivity contribution is 0.282. The van der Waals surface area contributed by atoms with Crippen molar-refractivity contribution in [2.45, 2.75) is 104 Å². The summed E-state index contributed by atoms with van der Waals surface area (Å²) in [5, 5.41) is 8.65. The molecule has 0 aliphatic carbocycles. The Morgan fingerprint density at radius 3 is 1.45 bits per heavy atom. The predicted molar refractivity (Wildman–Crippen MR) is 93.3 cm³/mol. The molecule has 1 heteroatoms. The fraction of sp³-hybridized carbons (Fsp3) is 0.895. The van der Waals surface area contributed by atoms with Gasteiger partial charge in [-0.15, -0.1) is 0 Å². The third-order valence-corrected chi connectivity index (χ3v) is 3.42. The number of unbranched alkanes of at least 4 members (excludes halogenated alkanes) is 11. The van der Waals surface area contributed by atoms with E-state index in [0.717, 1.165) is 6.42 Å². The Balaban J connectivity index is 0. The molecule has 20 heavy (non-hydrogen) atoms. The summed E-state index contributed by atoms with van der Waals surface area (Å²) in [5.41, 5.74) is 0. The first-order valence-electron chi connectivity index (χ1n) is 9.17. The van der Waals surface area contributed by atoms with E-state index in [1.54, 1.807) is 0 Å². The highest BCUT2D eigenvalue weighted by atomic mass is 16.2. The lowest BCUT2D eigenvalue weighted by Gasteiger charge is -2.00. The molecule has 0 fully saturated rings. The van der Waals surface area contributed by atoms with Gasteiger partial charge in [0.15, 0.2) is 0 Å². The summed E-state index contributed by atoms with van der Waals surface area (Å²) in [6.45, 7) is 6.62. The molecule has 0 amide bonds. The maximum Gasteiger partial charge on any atom is 0.0431 e. The molecule has 0 aromatic rings. The zero-order valence-corrected chi connectivity index (χ0v) is 14.5. The van der Waals surface area contributed by atoms with Crippen LogP contribution >= 0.6 is 0 Å². The Kier molecular flexibility index (Phi) is 26.1. The maximum absolute atomic E-state index is 8.65. The van der Waals surface area contributed by atoms with E-state index in [4.69, 9.17) is 5.11 Å². The minimum atomic E-state index is 0.366. The molecule has 0 aliphatic rings. The van der Waals surface area contributed by atoms with Gasteiger partial charge in [0, 0.05) is 6.61 Å². The van der Waals surface area contributed by atoms with Crippen molar-refractivity contribution in [1.82, 2.24) is 0 Å². The van der Waals surface area contributed by atoms with Crippen molar-refractivity contribution < 1.29 is 5.11 Å². The Hall–Kier alpha value is -0.300. The van der Waals surface area contributed by atoms with Gasteiger partial charge in [0.25, 0.3) is 0 Å². The number of allylic oxidation sites excluding steroid dienone is 2. The van der Waals surface area contributed by atoms with Crippen molar-refractivity contribution in [3.05, 3.63) is 12.2 Å². The first kappa shape index (κ1) is 22.0. The van der Waals surface area contributed by atoms with E-state index in [2.05, 4.69) is 19.1 Å². The molecule has 1 N–H and O–H groups in total. The van der Waals surface area contributed by atoms with Crippen molar-refractivity contribution in [3.8, 4) is 0 Å². The summed E-state index contributed by atoms with van der Waals surface area (Å²) in [6.07, 6.45) is 21.7. The van der Waals surface area contributed by atoms with Crippen LogP contribution in [0.15, 0.2) is 12.2 Å². The predicted octanol–water partition coefficient (Wildman–Crippen LogP) is 6.65. The van der Waals surface area contributed by atoms with Crippen molar-refractivity contribution in [2.24, 2.45) is 0 Å². The normalized spacial score (nSPS) is 10.6. The molecule has 0 radical (unpaired) electrons. The monoisotopic (exact) mass is 284 g/mol. The molecule has 0 unspecified atom stereocenters. The third-order valence-electron chi connectivity index (χ3n) is 3.42. The smallest absolute Gasteiger partial charge is 0.0431 e. The van der Waals surface area contributed by atoms with Gasteiger partial charge >= 0.3 is 0 Å². The molecule has 0 spiro atoms. The molecular formula is C19H40O. The SMILES string of the molecule is CC.CCCCC/C=C\CCCCCCCCCCO. The van der Waals surface area contributed by atoms with Crippen molar-refractivity contribution in [1.29, 1.82) is 0 Å². The summed E-state index contributed by atoms with van der Waals surface area (Å²) in [5.74, 6) is 0. The Bertz CT molecular complexity index is 163. The highest BCUT2D eigenvalue weighted by molar-refractivity contribution is 4.81. The van der Waals surface area contributed by atoms with Crippen LogP contribution in [0.5, 0.6) is 0 Å². The molecule has 1 nitrogen and oxygen atoms in total. The number of hydrogen-bond acceptors (Lipinski definition) is 1. The number of aliphatic hydroxyl groups excluding tert-OH is 1. The van der Waals surface area contributed by atoms with Gasteiger partial charge in [-0.25, -0.2) is 0 Å². The molecule has 0 bridgehead atoms. The van der Waals surface area contributed by atoms with Gasteiger partial charge in [0.1, 0.15) is 0 Å². The largest absolute Gasteiger partial charge is 0.396 e. The highest BCUT2D eigenvalue weighted by Gasteiger charge is 1.91. The summed E-state index contributed by atoms with van der Waals surface area (Å²) in [7, 11) is 0. The van der Waals surface area contributed by atoms with E-state index in [9.17, 15) is 0 Å². The second-order valence-corrected chi connectivity index (χ2v) is 5.31. The van der Waals surface area contributed by atoms with Gasteiger partial charge in [-0.1, -0.05) is 84.3 Å². The Labute approximate surface area is 128 Å². The number of hydrogen-bond donors (Lipinski definition) is 1. The summed E-state index contributed by atoms with van der Waals surface area (Å²) >= 11 is 0. The molecule has 0 rings (SSSR count). The van der Waals surface area contributed by atoms with E-state index in [-0.39, 0.29) is 0 Å². The van der Waals surface area contributed by atoms with Crippen LogP contribution in [0, 0.1) is 0 Å². The first-order valence-corrected chi connectivity index (χ1v) is 9.17. The van der Waals surface area contributed by atoms with Gasteiger partial charge in [0.2, 0.25) is 0 Å². The molecule has 0 aromatic heterocycles. The molecule has 0 heterocycles. The van der Waals surface area contributed by atoms with E-state index in [1.807, 2.05) is 13.8 Å². The molecule has 122 valence electrons. The van der Waals surface area contributed by atoms with Crippen LogP contribution in [0.1, 0.15) is 104 Å². The van der Waals surface area contributed by atoms with Crippen LogP contribution < -0.4 is 0 Å². The van der Waals surface area contributed by atoms with E-state index in [0.29, 0.717) is 6.61 Å². The van der Waals surface area contributed by atoms with Crippen LogP contribution in [0.2, 0.25) is 0 Å². The zero-order valence-electron chi connectivity index (χ0n) is 14.5. The Morgan fingerprint density at radius 1 is 0.600 bits per heavy atom. The van der Waals surface area contributed by atoms with Crippen molar-refractivity contribution in [3.63, 3.8) is 0 Å². The highest BCUT2D eigenvalue weighted by Crippen LogP contribution is 2.10. The standard InChI is InChI=1S/C17H34O.C2H6/c1-2-3-4-5-6-7-8-9-10-11-12-13-14-15-16-17-18;1-2/h6-7,18H,2-5,8-17H2,1H3;1-2H3/b7-6-;. The quantitative estimate of drug-likeness (QED) is 0.279. The lowest BCUT2D eigenvalue weighted by Crippen LogP contribution is -1.84. The molecule has 0 atom stereocenters. The Morgan fingerprint density at radius 2 is 1.00 bits per heavy atom. The van der Waals surface area contributed by atoms with Gasteiger partial charge in [-0.2, -0.15) is 0 Å². The van der Waals surface area contributed by atoms with Crippen molar-refractivity contribution in [2.75, 3.05) is 6.61 Å². The topological polar surface area (TPSA) is 20.2 Å². The minimum Gasteiger partial charge on any atom is -0.396 e. The lowest BCUT2D eigenvalue weighted by atomic mass is 10.1. The molecule has 0 saturated heterocycles. The van der Waals surface area contributed by atoms with Crippen LogP contribution in [-0.4, -0.2) is 11.7 Å². The van der Waals surface area contributed by atoms with Crippen LogP contribution in [0.3, 0.4) is 0 Å². The molecular weight excluding hydrogens is 244 g/mol. The van der Waals surface area contributed by atoms with Crippen LogP contribution in [0.4, 0.5) is 0 Å². The number of rotatable bonds is 14. The van der Waals surface area contributed by atoms with Crippen LogP contribution in [0.25, 0.3) is 0 Å².